The van der Waals surface area contributed by atoms with Crippen molar-refractivity contribution in [1.29, 1.82) is 0 Å². The third kappa shape index (κ3) is 7.75. The van der Waals surface area contributed by atoms with Gasteiger partial charge in [-0.25, -0.2) is 14.8 Å². The number of nitrogens with one attached hydrogen (secondary N) is 3. The maximum Gasteiger partial charge on any atom is 0.413 e. The van der Waals surface area contributed by atoms with Crippen LogP contribution in [0.2, 0.25) is 0 Å². The van der Waals surface area contributed by atoms with Crippen molar-refractivity contribution in [2.45, 2.75) is 31.5 Å². The van der Waals surface area contributed by atoms with E-state index in [1.54, 1.807) is 32.2 Å². The van der Waals surface area contributed by atoms with Crippen molar-refractivity contribution in [3.63, 3.8) is 0 Å². The average molecular weight is 665 g/mol. The third-order valence-corrected chi connectivity index (χ3v) is 8.46. The second kappa shape index (κ2) is 13.1. The summed E-state index contributed by atoms with van der Waals surface area (Å²) in [5.41, 5.74) is 4.35. The number of nitrogens with zero attached hydrogens (tertiary/aromatic N) is 4. The zero-order chi connectivity index (χ0) is 32.4. The Bertz CT molecular complexity index is 1710. The molecule has 0 bridgehead atoms. The maximum absolute atomic E-state index is 13.2. The van der Waals surface area contributed by atoms with Gasteiger partial charge in [-0.2, -0.15) is 17.8 Å². The van der Waals surface area contributed by atoms with Gasteiger partial charge in [-0.3, -0.25) is 9.35 Å². The number of carbonyl (C=O) groups excluding carboxylic acids is 1. The molecule has 2 saturated heterocycles. The highest BCUT2D eigenvalue weighted by Crippen LogP contribution is 2.31. The van der Waals surface area contributed by atoms with E-state index in [-0.39, 0.29) is 23.1 Å². The number of fused-ring (bicyclic) bond motifs is 1. The number of aromatic nitrogens is 2. The van der Waals surface area contributed by atoms with Gasteiger partial charge in [0.15, 0.2) is 10.8 Å². The highest BCUT2D eigenvalue weighted by molar-refractivity contribution is 7.80. The average Bonchev–Trinajstić information content (AvgIpc) is 3.38. The highest BCUT2D eigenvalue weighted by Gasteiger charge is 2.50. The maximum atomic E-state index is 13.2. The van der Waals surface area contributed by atoms with Crippen molar-refractivity contribution in [2.24, 2.45) is 11.1 Å². The second-order valence-corrected chi connectivity index (χ2v) is 12.8. The lowest BCUT2D eigenvalue weighted by atomic mass is 9.85. The number of aliphatic carboxylic acids is 1. The topological polar surface area (TPSA) is 240 Å². The van der Waals surface area contributed by atoms with Gasteiger partial charge in [0.1, 0.15) is 23.9 Å². The zero-order valence-electron chi connectivity index (χ0n) is 24.2. The number of rotatable bonds is 14. The van der Waals surface area contributed by atoms with Crippen LogP contribution in [-0.4, -0.2) is 101 Å². The van der Waals surface area contributed by atoms with Crippen molar-refractivity contribution in [1.82, 2.24) is 25.7 Å². The largest absolute Gasteiger partial charge is 0.489 e. The molecule has 4 heterocycles. The Balaban J connectivity index is 1.26. The van der Waals surface area contributed by atoms with E-state index in [1.165, 1.54) is 5.38 Å². The number of hydroxylamine groups is 2. The van der Waals surface area contributed by atoms with Crippen LogP contribution in [0.15, 0.2) is 41.0 Å². The number of nitrogen functional groups attached to an aromatic ring is 1. The number of amides is 1. The van der Waals surface area contributed by atoms with E-state index < -0.39 is 46.6 Å². The lowest BCUT2D eigenvalue weighted by molar-refractivity contribution is -0.214. The molecule has 3 aromatic rings. The summed E-state index contributed by atoms with van der Waals surface area (Å²) in [7, 11) is -4.76. The molecular weight excluding hydrogens is 632 g/mol. The number of carboxylic acids is 1. The van der Waals surface area contributed by atoms with E-state index in [4.69, 9.17) is 19.9 Å². The van der Waals surface area contributed by atoms with Gasteiger partial charge in [-0.05, 0) is 43.5 Å². The normalized spacial score (nSPS) is 19.3. The van der Waals surface area contributed by atoms with E-state index in [2.05, 4.69) is 35.4 Å². The Kier molecular flexibility index (Phi) is 9.37. The van der Waals surface area contributed by atoms with Crippen LogP contribution in [0.4, 0.5) is 10.9 Å². The molecule has 0 saturated carbocycles. The van der Waals surface area contributed by atoms with Crippen LogP contribution in [0.1, 0.15) is 19.5 Å². The number of carboxylic acid groups (broad SMARTS) is 1. The predicted octanol–water partition coefficient (Wildman–Crippen LogP) is 0.471. The number of ether oxygens (including phenoxy) is 1. The zero-order valence-corrected chi connectivity index (χ0v) is 25.8. The highest BCUT2D eigenvalue weighted by atomic mass is 32.3. The van der Waals surface area contributed by atoms with Gasteiger partial charge >= 0.3 is 16.4 Å². The Morgan fingerprint density at radius 3 is 2.71 bits per heavy atom. The molecule has 19 heteroatoms. The first-order valence-electron chi connectivity index (χ1n) is 13.7. The predicted molar refractivity (Wildman–Crippen MR) is 163 cm³/mol. The number of hydrogen-bond donors (Lipinski definition) is 6. The van der Waals surface area contributed by atoms with Crippen molar-refractivity contribution < 1.29 is 41.5 Å². The summed E-state index contributed by atoms with van der Waals surface area (Å²) in [5, 5.41) is 27.1. The fraction of sp³-hybridized carbons (Fsp3) is 0.423. The number of carbonyl (C=O) groups is 2. The summed E-state index contributed by atoms with van der Waals surface area (Å²) in [6.07, 6.45) is 0.0662. The molecule has 2 fully saturated rings. The van der Waals surface area contributed by atoms with Gasteiger partial charge < -0.3 is 36.4 Å². The van der Waals surface area contributed by atoms with Crippen molar-refractivity contribution in [2.75, 3.05) is 43.8 Å². The van der Waals surface area contributed by atoms with Gasteiger partial charge in [0, 0.05) is 49.1 Å². The number of nitrogens with two attached hydrogens (primary N) is 1. The lowest BCUT2D eigenvalue weighted by Crippen LogP contribution is -2.73. The molecule has 0 unspecified atom stereocenters. The number of anilines is 2. The number of oxime groups is 1. The van der Waals surface area contributed by atoms with Gasteiger partial charge in [-0.15, -0.1) is 11.3 Å². The molecule has 0 aliphatic carbocycles. The summed E-state index contributed by atoms with van der Waals surface area (Å²) in [5.74, 6) is -0.518. The van der Waals surface area contributed by atoms with Crippen molar-refractivity contribution in [3.8, 4) is 5.75 Å². The molecule has 0 radical (unpaired) electrons. The van der Waals surface area contributed by atoms with Gasteiger partial charge in [0.2, 0.25) is 0 Å². The first-order valence-corrected chi connectivity index (χ1v) is 15.9. The van der Waals surface area contributed by atoms with Crippen LogP contribution in [0.5, 0.6) is 5.75 Å². The fourth-order valence-electron chi connectivity index (χ4n) is 4.53. The lowest BCUT2D eigenvalue weighted by Gasteiger charge is -2.52. The minimum absolute atomic E-state index is 0.0318. The molecule has 2 aromatic heterocycles. The molecule has 0 spiro atoms. The van der Waals surface area contributed by atoms with Gasteiger partial charge in [0.05, 0.1) is 11.6 Å². The van der Waals surface area contributed by atoms with Crippen LogP contribution in [0.25, 0.3) is 10.8 Å². The standard InChI is InChI=1S/C26H32N8O9S2/c1-26(2)20(11-34(26)43-45(38,39)40)32-23(35)21(18-13-44-25(27)31-18)33-42-19(24(36)37)12-41-16-3-4-17-15(7-16)5-6-29-22(17)30-10-14-8-28-9-14/h3-7,13-14,19-20,28H,8-12H2,1-2H3,(H2,27,31)(H,29,30)(H,32,35)(H,36,37)(H,38,39,40)/b33-21-/t19-,20+/m0/s1. The smallest absolute Gasteiger partial charge is 0.413 e. The van der Waals surface area contributed by atoms with Crippen LogP contribution >= 0.6 is 11.3 Å². The summed E-state index contributed by atoms with van der Waals surface area (Å²) < 4.78 is 41.4. The first-order chi connectivity index (χ1) is 21.3. The monoisotopic (exact) mass is 664 g/mol. The minimum Gasteiger partial charge on any atom is -0.489 e. The number of pyridine rings is 1. The Hall–Kier alpha value is -4.14. The van der Waals surface area contributed by atoms with E-state index in [0.29, 0.717) is 11.7 Å². The van der Waals surface area contributed by atoms with E-state index >= 15 is 0 Å². The molecule has 45 heavy (non-hydrogen) atoms. The van der Waals surface area contributed by atoms with Crippen LogP contribution in [0, 0.1) is 5.92 Å². The minimum atomic E-state index is -4.76. The molecule has 5 rings (SSSR count). The van der Waals surface area contributed by atoms with Crippen LogP contribution < -0.4 is 26.4 Å². The van der Waals surface area contributed by atoms with Crippen LogP contribution in [-0.2, 0) is 29.1 Å². The van der Waals surface area contributed by atoms with E-state index in [1.807, 2.05) is 12.1 Å². The van der Waals surface area contributed by atoms with Gasteiger partial charge in [0.25, 0.3) is 12.0 Å². The van der Waals surface area contributed by atoms with Gasteiger partial charge in [-0.1, -0.05) is 5.16 Å². The SMILES string of the molecule is CC1(C)[C@H](NC(=O)/C(=N\O[C@@H](COc2ccc3c(NCC4CNC4)nccc3c2)C(=O)O)c2csc(N)n2)CN1OS(=O)(=O)O. The quantitative estimate of drug-likeness (QED) is 0.0780. The summed E-state index contributed by atoms with van der Waals surface area (Å²) in [6, 6.07) is 6.43. The summed E-state index contributed by atoms with van der Waals surface area (Å²) >= 11 is 1.03. The molecule has 17 nitrogen and oxygen atoms in total. The number of thiazole rings is 1. The van der Waals surface area contributed by atoms with Crippen molar-refractivity contribution in [3.05, 3.63) is 41.5 Å². The number of hydrogen-bond acceptors (Lipinski definition) is 15. The Morgan fingerprint density at radius 2 is 2.09 bits per heavy atom. The molecular formula is C26H32N8O9S2. The molecule has 7 N–H and O–H groups in total. The molecule has 1 amide bonds. The molecule has 1 aromatic carbocycles. The number of benzene rings is 1. The molecule has 242 valence electrons. The molecule has 2 aliphatic heterocycles. The fourth-order valence-corrected chi connectivity index (χ4v) is 5.56. The molecule has 2 atom stereocenters. The van der Waals surface area contributed by atoms with Crippen LogP contribution in [0.3, 0.4) is 0 Å². The summed E-state index contributed by atoms with van der Waals surface area (Å²) in [6.45, 7) is 5.34. The Morgan fingerprint density at radius 1 is 1.31 bits per heavy atom. The van der Waals surface area contributed by atoms with E-state index in [9.17, 15) is 23.1 Å². The Labute approximate surface area is 261 Å². The summed E-state index contributed by atoms with van der Waals surface area (Å²) in [4.78, 5) is 39.0. The van der Waals surface area contributed by atoms with E-state index in [0.717, 1.165) is 52.6 Å². The van der Waals surface area contributed by atoms with Crippen molar-refractivity contribution >= 4 is 61.0 Å². The molecule has 2 aliphatic rings. The third-order valence-electron chi connectivity index (χ3n) is 7.42. The first kappa shape index (κ1) is 32.3. The second-order valence-electron chi connectivity index (χ2n) is 10.9.